The van der Waals surface area contributed by atoms with Gasteiger partial charge in [0.05, 0.1) is 6.61 Å². The van der Waals surface area contributed by atoms with Crippen molar-refractivity contribution in [2.24, 2.45) is 0 Å². The summed E-state index contributed by atoms with van der Waals surface area (Å²) >= 11 is 0. The van der Waals surface area contributed by atoms with Gasteiger partial charge in [0.2, 0.25) is 0 Å². The zero-order chi connectivity index (χ0) is 13.9. The third-order valence-electron chi connectivity index (χ3n) is 2.75. The molecule has 1 nitrogen and oxygen atoms in total. The van der Waals surface area contributed by atoms with Gasteiger partial charge in [0, 0.05) is 0 Å². The highest BCUT2D eigenvalue weighted by Gasteiger charge is 2.26. The Bertz CT molecular complexity index is 438. The van der Waals surface area contributed by atoms with Crippen LogP contribution in [-0.2, 0) is 0 Å². The van der Waals surface area contributed by atoms with Crippen molar-refractivity contribution in [3.05, 3.63) is 41.4 Å². The van der Waals surface area contributed by atoms with Gasteiger partial charge in [0.15, 0.2) is 0 Å². The van der Waals surface area contributed by atoms with Crippen LogP contribution in [0.4, 0.5) is 12.9 Å². The standard InChI is InChI=1S/C13H17BF3O/c1-9(2)13-6-5-12(7-10(13)3)18-8-11(4)14(15,16)17/h5-7,9H,4,8H2,1-3H3/q-1. The molecule has 0 saturated heterocycles. The largest absolute Gasteiger partial charge is 0.508 e. The van der Waals surface area contributed by atoms with Crippen LogP contribution in [0.25, 0.3) is 0 Å². The van der Waals surface area contributed by atoms with E-state index < -0.39 is 19.1 Å². The third-order valence-corrected chi connectivity index (χ3v) is 2.75. The van der Waals surface area contributed by atoms with Gasteiger partial charge in [-0.3, -0.25) is 0 Å². The summed E-state index contributed by atoms with van der Waals surface area (Å²) in [6, 6.07) is 5.34. The van der Waals surface area contributed by atoms with Crippen LogP contribution in [0.1, 0.15) is 30.9 Å². The summed E-state index contributed by atoms with van der Waals surface area (Å²) in [5, 5.41) is 0. The normalized spacial score (nSPS) is 11.7. The molecule has 0 N–H and O–H groups in total. The number of hydrogen-bond donors (Lipinski definition) is 0. The van der Waals surface area contributed by atoms with Gasteiger partial charge in [-0.25, -0.2) is 0 Å². The fourth-order valence-electron chi connectivity index (χ4n) is 1.66. The molecule has 0 amide bonds. The zero-order valence-corrected chi connectivity index (χ0v) is 10.8. The smallest absolute Gasteiger partial charge is 0.492 e. The van der Waals surface area contributed by atoms with Crippen LogP contribution >= 0.6 is 0 Å². The van der Waals surface area contributed by atoms with Crippen LogP contribution in [0.15, 0.2) is 30.3 Å². The van der Waals surface area contributed by atoms with Crippen LogP contribution in [0, 0.1) is 6.92 Å². The van der Waals surface area contributed by atoms with E-state index in [0.717, 1.165) is 5.56 Å². The number of aryl methyl sites for hydroxylation is 1. The van der Waals surface area contributed by atoms with E-state index in [1.54, 1.807) is 12.1 Å². The van der Waals surface area contributed by atoms with Gasteiger partial charge in [0.25, 0.3) is 0 Å². The van der Waals surface area contributed by atoms with Crippen molar-refractivity contribution < 1.29 is 17.7 Å². The summed E-state index contributed by atoms with van der Waals surface area (Å²) in [6.07, 6.45) is 0. The van der Waals surface area contributed by atoms with Gasteiger partial charge in [-0.2, -0.15) is 0 Å². The molecule has 0 radical (unpaired) electrons. The molecular formula is C13H17BF3O-. The molecule has 0 bridgehead atoms. The second-order valence-corrected chi connectivity index (χ2v) is 4.69. The summed E-state index contributed by atoms with van der Waals surface area (Å²) in [7, 11) is 0. The van der Waals surface area contributed by atoms with Crippen molar-refractivity contribution in [3.63, 3.8) is 0 Å². The summed E-state index contributed by atoms with van der Waals surface area (Å²) in [6.45, 7) is 3.51. The highest BCUT2D eigenvalue weighted by Crippen LogP contribution is 2.25. The quantitative estimate of drug-likeness (QED) is 0.708. The molecule has 5 heteroatoms. The van der Waals surface area contributed by atoms with Crippen molar-refractivity contribution in [1.82, 2.24) is 0 Å². The van der Waals surface area contributed by atoms with Crippen molar-refractivity contribution in [3.8, 4) is 5.75 Å². The summed E-state index contributed by atoms with van der Waals surface area (Å²) in [4.78, 5) is 0. The first-order chi connectivity index (χ1) is 8.21. The molecule has 0 saturated carbocycles. The first kappa shape index (κ1) is 14.7. The topological polar surface area (TPSA) is 9.23 Å². The van der Waals surface area contributed by atoms with Crippen LogP contribution in [0.5, 0.6) is 5.75 Å². The first-order valence-corrected chi connectivity index (χ1v) is 5.82. The maximum Gasteiger partial charge on any atom is 0.508 e. The van der Waals surface area contributed by atoms with Crippen molar-refractivity contribution in [1.29, 1.82) is 0 Å². The van der Waals surface area contributed by atoms with Crippen LogP contribution in [0.2, 0.25) is 0 Å². The Hall–Kier alpha value is -1.39. The average molecular weight is 257 g/mol. The van der Waals surface area contributed by atoms with Gasteiger partial charge < -0.3 is 17.7 Å². The molecule has 1 aromatic rings. The Morgan fingerprint density at radius 3 is 2.39 bits per heavy atom. The van der Waals surface area contributed by atoms with Crippen LogP contribution < -0.4 is 4.74 Å². The van der Waals surface area contributed by atoms with Gasteiger partial charge in [-0.1, -0.05) is 19.9 Å². The lowest BCUT2D eigenvalue weighted by atomic mass is 9.81. The second kappa shape index (κ2) is 5.50. The molecule has 0 heterocycles. The Kier molecular flexibility index (Phi) is 4.49. The number of rotatable bonds is 5. The van der Waals surface area contributed by atoms with E-state index in [1.807, 2.05) is 13.0 Å². The maximum absolute atomic E-state index is 12.3. The van der Waals surface area contributed by atoms with Gasteiger partial charge in [-0.05, 0) is 36.1 Å². The van der Waals surface area contributed by atoms with Crippen molar-refractivity contribution in [2.75, 3.05) is 6.61 Å². The lowest BCUT2D eigenvalue weighted by molar-refractivity contribution is 0.346. The Balaban J connectivity index is 2.70. The molecule has 0 aliphatic carbocycles. The van der Waals surface area contributed by atoms with Gasteiger partial charge in [-0.15, -0.1) is 12.1 Å². The molecule has 1 aromatic carbocycles. The maximum atomic E-state index is 12.3. The third kappa shape index (κ3) is 3.82. The lowest BCUT2D eigenvalue weighted by Crippen LogP contribution is -2.23. The van der Waals surface area contributed by atoms with E-state index in [0.29, 0.717) is 11.7 Å². The predicted octanol–water partition coefficient (Wildman–Crippen LogP) is 4.44. The Labute approximate surface area is 106 Å². The van der Waals surface area contributed by atoms with E-state index in [2.05, 4.69) is 20.4 Å². The number of benzene rings is 1. The van der Waals surface area contributed by atoms with Crippen LogP contribution in [0.3, 0.4) is 0 Å². The molecule has 18 heavy (non-hydrogen) atoms. The fourth-order valence-corrected chi connectivity index (χ4v) is 1.66. The van der Waals surface area contributed by atoms with Crippen LogP contribution in [-0.4, -0.2) is 13.6 Å². The monoisotopic (exact) mass is 257 g/mol. The van der Waals surface area contributed by atoms with Crippen molar-refractivity contribution in [2.45, 2.75) is 26.7 Å². The minimum absolute atomic E-state index is 0.382. The second-order valence-electron chi connectivity index (χ2n) is 4.69. The Morgan fingerprint density at radius 2 is 1.94 bits per heavy atom. The minimum Gasteiger partial charge on any atom is -0.492 e. The summed E-state index contributed by atoms with van der Waals surface area (Å²) < 4.78 is 42.0. The van der Waals surface area contributed by atoms with E-state index in [4.69, 9.17) is 4.74 Å². The highest BCUT2D eigenvalue weighted by atomic mass is 19.4. The van der Waals surface area contributed by atoms with Crippen molar-refractivity contribution >= 4 is 6.98 Å². The Morgan fingerprint density at radius 1 is 1.33 bits per heavy atom. The van der Waals surface area contributed by atoms with E-state index in [9.17, 15) is 12.9 Å². The predicted molar refractivity (Wildman–Crippen MR) is 69.0 cm³/mol. The summed E-state index contributed by atoms with van der Waals surface area (Å²) in [5.41, 5.74) is 1.37. The minimum atomic E-state index is -5.02. The molecule has 0 fully saturated rings. The SMILES string of the molecule is C=C(COc1ccc(C(C)C)c(C)c1)[B-](F)(F)F. The molecule has 0 atom stereocenters. The van der Waals surface area contributed by atoms with E-state index in [1.165, 1.54) is 5.56 Å². The van der Waals surface area contributed by atoms with E-state index in [-0.39, 0.29) is 0 Å². The van der Waals surface area contributed by atoms with Gasteiger partial charge in [0.1, 0.15) is 5.75 Å². The molecule has 0 aromatic heterocycles. The first-order valence-electron chi connectivity index (χ1n) is 5.82. The van der Waals surface area contributed by atoms with E-state index >= 15 is 0 Å². The lowest BCUT2D eigenvalue weighted by Gasteiger charge is -2.19. The number of halogens is 3. The highest BCUT2D eigenvalue weighted by molar-refractivity contribution is 6.66. The zero-order valence-electron chi connectivity index (χ0n) is 10.8. The average Bonchev–Trinajstić information content (AvgIpc) is 2.24. The molecule has 0 spiro atoms. The molecule has 0 unspecified atom stereocenters. The van der Waals surface area contributed by atoms with Gasteiger partial charge >= 0.3 is 6.98 Å². The molecule has 0 aliphatic heterocycles. The molecular weight excluding hydrogens is 240 g/mol. The number of ether oxygens (including phenoxy) is 1. The molecule has 100 valence electrons. The summed E-state index contributed by atoms with van der Waals surface area (Å²) in [5.74, 6) is 0.825. The molecule has 0 aliphatic rings. The number of hydrogen-bond acceptors (Lipinski definition) is 1. The molecule has 1 rings (SSSR count). The fraction of sp³-hybridized carbons (Fsp3) is 0.385.